The van der Waals surface area contributed by atoms with Gasteiger partial charge >= 0.3 is 6.09 Å². The summed E-state index contributed by atoms with van der Waals surface area (Å²) in [6.07, 6.45) is 11.2. The Hall–Kier alpha value is -4.86. The minimum absolute atomic E-state index is 0.0190. The number of nitrogens with zero attached hydrogens (tertiary/aromatic N) is 2. The molecule has 15 nitrogen and oxygen atoms in total. The van der Waals surface area contributed by atoms with E-state index in [9.17, 15) is 27.6 Å². The molecule has 3 N–H and O–H groups in total. The second-order valence-electron chi connectivity index (χ2n) is 15.3. The Labute approximate surface area is 320 Å². The molecule has 0 unspecified atom stereocenters. The number of fused-ring (bicyclic) bond motifs is 4. The number of rotatable bonds is 5. The Balaban J connectivity index is 1.27. The van der Waals surface area contributed by atoms with Crippen LogP contribution in [0, 0.1) is 11.8 Å². The summed E-state index contributed by atoms with van der Waals surface area (Å²) in [4.78, 5) is 61.9. The molecule has 0 radical (unpaired) electrons. The van der Waals surface area contributed by atoms with Crippen molar-refractivity contribution >= 4 is 50.8 Å². The van der Waals surface area contributed by atoms with E-state index in [1.54, 1.807) is 19.2 Å². The van der Waals surface area contributed by atoms with E-state index in [4.69, 9.17) is 18.9 Å². The lowest BCUT2D eigenvalue weighted by Crippen LogP contribution is -2.58. The Kier molecular flexibility index (Phi) is 11.0. The number of allylic oxidation sites excluding steroid dienone is 2. The molecule has 4 amide bonds. The van der Waals surface area contributed by atoms with Gasteiger partial charge in [-0.2, -0.15) is 0 Å². The zero-order valence-corrected chi connectivity index (χ0v) is 32.2. The molecule has 0 spiro atoms. The maximum absolute atomic E-state index is 14.5. The molecule has 3 aliphatic heterocycles. The van der Waals surface area contributed by atoms with E-state index in [-0.39, 0.29) is 37.8 Å². The fourth-order valence-corrected chi connectivity index (χ4v) is 9.01. The highest BCUT2D eigenvalue weighted by Crippen LogP contribution is 2.46. The molecule has 296 valence electrons. The number of hydrogen-bond acceptors (Lipinski definition) is 11. The molecule has 1 aromatic carbocycles. The molecule has 1 aromatic heterocycles. The Morgan fingerprint density at radius 1 is 1.05 bits per heavy atom. The van der Waals surface area contributed by atoms with Crippen LogP contribution in [0.1, 0.15) is 76.7 Å². The number of carbonyl (C=O) groups is 4. The van der Waals surface area contributed by atoms with Gasteiger partial charge in [0.25, 0.3) is 5.91 Å². The first-order valence-corrected chi connectivity index (χ1v) is 20.6. The second-order valence-corrected chi connectivity index (χ2v) is 17.3. The standard InChI is InChI=1S/C39H49N5O10S/c1-23-10-9-11-24-16-28-30(18-32(24)51-2)40-34(52-3)19-33(28)54-26-17-31-35(45)42-39(37(47)43-55(49,50)27-14-15-27)20-25(39)12-7-5-4-6-8-13-29(36(46)44(31)21-26)41-38(48)53-22-23/h7,9,11-12,16,18-19,23,25-27,29,31H,4-6,8,10,13-15,17,20-22H2,1-3H3,(H,41,48)(H,42,45)(H,43,47)/b11-9+,12-7-/t23-,25+,26-,29+,31+,39-/m1/s1. The highest BCUT2D eigenvalue weighted by atomic mass is 32.2. The van der Waals surface area contributed by atoms with Crippen LogP contribution in [0.5, 0.6) is 17.4 Å². The van der Waals surface area contributed by atoms with Gasteiger partial charge in [-0.1, -0.05) is 44.1 Å². The molecule has 1 saturated heterocycles. The highest BCUT2D eigenvalue weighted by Gasteiger charge is 2.62. The lowest BCUT2D eigenvalue weighted by Gasteiger charge is -2.29. The number of pyridine rings is 1. The quantitative estimate of drug-likeness (QED) is 0.375. The van der Waals surface area contributed by atoms with Gasteiger partial charge < -0.3 is 34.5 Å². The van der Waals surface area contributed by atoms with Crippen molar-refractivity contribution in [1.82, 2.24) is 25.2 Å². The van der Waals surface area contributed by atoms with Gasteiger partial charge in [-0.25, -0.2) is 18.2 Å². The first-order chi connectivity index (χ1) is 26.4. The first kappa shape index (κ1) is 38.4. The summed E-state index contributed by atoms with van der Waals surface area (Å²) >= 11 is 0. The predicted octanol–water partition coefficient (Wildman–Crippen LogP) is 3.75. The molecule has 2 aromatic rings. The SMILES string of the molecule is COc1cc2c3cc(c(OC)cc3n1)/C=C/C[C@@H](C)COC(=O)N[C@H]1CCCCC/C=C\[C@H]3C[C@@]3(C(=O)NS(=O)(=O)C3CC3)NC(=O)[C@@H]3C[C@H](CN3C1=O)O2. The Morgan fingerprint density at radius 2 is 1.87 bits per heavy atom. The molecule has 5 bridgehead atoms. The number of hydrogen-bond donors (Lipinski definition) is 3. The van der Waals surface area contributed by atoms with E-state index in [0.29, 0.717) is 60.9 Å². The number of aromatic nitrogens is 1. The Bertz CT molecular complexity index is 2020. The minimum Gasteiger partial charge on any atom is -0.496 e. The molecule has 2 saturated carbocycles. The van der Waals surface area contributed by atoms with Crippen molar-refractivity contribution in [3.05, 3.63) is 42.0 Å². The number of methoxy groups -OCH3 is 2. The molecule has 6 atom stereocenters. The zero-order chi connectivity index (χ0) is 38.9. The predicted molar refractivity (Wildman–Crippen MR) is 202 cm³/mol. The molecule has 2 aliphatic carbocycles. The number of sulfonamides is 1. The average molecular weight is 780 g/mol. The van der Waals surface area contributed by atoms with Crippen molar-refractivity contribution in [1.29, 1.82) is 0 Å². The van der Waals surface area contributed by atoms with Gasteiger partial charge in [0.1, 0.15) is 35.2 Å². The molecule has 55 heavy (non-hydrogen) atoms. The number of alkyl carbamates (subject to hydrolysis) is 1. The van der Waals surface area contributed by atoms with Crippen LogP contribution >= 0.6 is 0 Å². The van der Waals surface area contributed by atoms with E-state index in [0.717, 1.165) is 18.4 Å². The number of ether oxygens (including phenoxy) is 4. The summed E-state index contributed by atoms with van der Waals surface area (Å²) < 4.78 is 51.4. The smallest absolute Gasteiger partial charge is 0.407 e. The maximum Gasteiger partial charge on any atom is 0.407 e. The third kappa shape index (κ3) is 8.38. The topological polar surface area (TPSA) is 192 Å². The summed E-state index contributed by atoms with van der Waals surface area (Å²) in [5.41, 5.74) is -0.202. The number of cyclic esters (lactones) is 1. The third-order valence-corrected chi connectivity index (χ3v) is 12.9. The van der Waals surface area contributed by atoms with Crippen molar-refractivity contribution in [3.8, 4) is 17.4 Å². The number of nitrogens with one attached hydrogen (secondary N) is 3. The summed E-state index contributed by atoms with van der Waals surface area (Å²) in [6, 6.07) is 3.22. The molecule has 4 heterocycles. The van der Waals surface area contributed by atoms with Crippen LogP contribution in [0.2, 0.25) is 0 Å². The van der Waals surface area contributed by atoms with Crippen LogP contribution in [0.25, 0.3) is 17.0 Å². The number of amides is 4. The molecule has 3 fully saturated rings. The molecule has 5 aliphatic rings. The van der Waals surface area contributed by atoms with E-state index in [2.05, 4.69) is 20.3 Å². The summed E-state index contributed by atoms with van der Waals surface area (Å²) in [6.45, 7) is 2.04. The van der Waals surface area contributed by atoms with Crippen LogP contribution in [0.15, 0.2) is 36.4 Å². The van der Waals surface area contributed by atoms with Crippen molar-refractivity contribution in [2.75, 3.05) is 27.4 Å². The van der Waals surface area contributed by atoms with Crippen LogP contribution in [0.4, 0.5) is 4.79 Å². The van der Waals surface area contributed by atoms with E-state index in [1.807, 2.05) is 37.3 Å². The van der Waals surface area contributed by atoms with Crippen molar-refractivity contribution in [3.63, 3.8) is 0 Å². The number of carbonyl (C=O) groups excluding carboxylic acids is 4. The van der Waals surface area contributed by atoms with Crippen LogP contribution in [-0.2, 0) is 29.1 Å². The van der Waals surface area contributed by atoms with Crippen LogP contribution in [0.3, 0.4) is 0 Å². The van der Waals surface area contributed by atoms with Gasteiger partial charge in [-0.3, -0.25) is 19.1 Å². The minimum atomic E-state index is -3.90. The largest absolute Gasteiger partial charge is 0.496 e. The third-order valence-electron chi connectivity index (χ3n) is 11.1. The van der Waals surface area contributed by atoms with Crippen molar-refractivity contribution in [2.45, 2.75) is 100 Å². The van der Waals surface area contributed by atoms with Gasteiger partial charge in [-0.15, -0.1) is 0 Å². The van der Waals surface area contributed by atoms with Gasteiger partial charge in [0.2, 0.25) is 27.7 Å². The van der Waals surface area contributed by atoms with Crippen LogP contribution in [-0.4, -0.2) is 98.5 Å². The maximum atomic E-state index is 14.5. The first-order valence-electron chi connectivity index (χ1n) is 19.1. The molecule has 16 heteroatoms. The molecule has 7 rings (SSSR count). The lowest BCUT2D eigenvalue weighted by atomic mass is 10.0. The number of benzene rings is 1. The van der Waals surface area contributed by atoms with Gasteiger partial charge in [0.15, 0.2) is 0 Å². The highest BCUT2D eigenvalue weighted by molar-refractivity contribution is 7.91. The van der Waals surface area contributed by atoms with Gasteiger partial charge in [0.05, 0.1) is 38.1 Å². The molecular weight excluding hydrogens is 731 g/mol. The van der Waals surface area contributed by atoms with Crippen molar-refractivity contribution < 1.29 is 46.5 Å². The fraction of sp³-hybridized carbons (Fsp3) is 0.564. The van der Waals surface area contributed by atoms with Gasteiger partial charge in [-0.05, 0) is 56.9 Å². The van der Waals surface area contributed by atoms with E-state index >= 15 is 0 Å². The lowest BCUT2D eigenvalue weighted by molar-refractivity contribution is -0.141. The average Bonchev–Trinajstić information content (AvgIpc) is 4.09. The zero-order valence-electron chi connectivity index (χ0n) is 31.4. The Morgan fingerprint density at radius 3 is 2.64 bits per heavy atom. The monoisotopic (exact) mass is 779 g/mol. The summed E-state index contributed by atoms with van der Waals surface area (Å²) in [5, 5.41) is 5.69. The second kappa shape index (κ2) is 15.7. The normalized spacial score (nSPS) is 30.2. The molecular formula is C39H49N5O10S. The van der Waals surface area contributed by atoms with Crippen LogP contribution < -0.4 is 29.6 Å². The van der Waals surface area contributed by atoms with E-state index in [1.165, 1.54) is 12.0 Å². The van der Waals surface area contributed by atoms with E-state index < -0.39 is 68.7 Å². The summed E-state index contributed by atoms with van der Waals surface area (Å²) in [7, 11) is -0.837. The van der Waals surface area contributed by atoms with Gasteiger partial charge in [0, 0.05) is 35.4 Å². The van der Waals surface area contributed by atoms with Crippen molar-refractivity contribution in [2.24, 2.45) is 11.8 Å². The fourth-order valence-electron chi connectivity index (χ4n) is 7.65. The summed E-state index contributed by atoms with van der Waals surface area (Å²) in [5.74, 6) is -1.10.